The molecule has 0 spiro atoms. The van der Waals surface area contributed by atoms with Crippen LogP contribution in [0.5, 0.6) is 0 Å². The van der Waals surface area contributed by atoms with Crippen LogP contribution in [0.15, 0.2) is 0 Å². The zero-order valence-electron chi connectivity index (χ0n) is 7.02. The molecular weight excluding hydrogens is 238 g/mol. The minimum absolute atomic E-state index is 0. The molecule has 0 amide bonds. The van der Waals surface area contributed by atoms with E-state index in [-0.39, 0.29) is 29.6 Å². The Labute approximate surface area is 101 Å². The maximum absolute atomic E-state index is 8.58. The molecule has 0 aliphatic heterocycles. The van der Waals surface area contributed by atoms with E-state index in [1.54, 1.807) is 0 Å². The number of nitrogens with zero attached hydrogens (tertiary/aromatic N) is 6. The van der Waals surface area contributed by atoms with Crippen molar-refractivity contribution >= 4 is 0 Å². The predicted octanol–water partition coefficient (Wildman–Crippen LogP) is -2.90. The predicted molar refractivity (Wildman–Crippen MR) is 33.7 cm³/mol. The molecule has 0 unspecified atom stereocenters. The van der Waals surface area contributed by atoms with Gasteiger partial charge in [-0.25, -0.2) is 0 Å². The fraction of sp³-hybridized carbons (Fsp3) is 0. The number of rotatable bonds is 0. The number of hydrogen-bond donors (Lipinski definition) is 0. The van der Waals surface area contributed by atoms with Crippen molar-refractivity contribution < 1.29 is 40.1 Å². The smallest absolute Gasteiger partial charge is 1.00 e. The maximum Gasteiger partial charge on any atom is 1.00 e. The maximum atomic E-state index is 8.58. The first-order chi connectivity index (χ1) is 5.97. The first kappa shape index (κ1) is 14.9. The summed E-state index contributed by atoms with van der Waals surface area (Å²) < 4.78 is 0. The van der Waals surface area contributed by atoms with E-state index in [9.17, 15) is 0 Å². The van der Waals surface area contributed by atoms with Crippen LogP contribution >= 0.6 is 0 Å². The third-order valence-electron chi connectivity index (χ3n) is 1.12. The molecule has 0 fully saturated rings. The molecule has 0 atom stereocenters. The Morgan fingerprint density at radius 2 is 0.643 bits per heavy atom. The molecule has 0 aliphatic carbocycles. The summed E-state index contributed by atoms with van der Waals surface area (Å²) in [7, 11) is -6.03. The van der Waals surface area contributed by atoms with E-state index in [4.69, 9.17) is 31.6 Å². The second-order valence-corrected chi connectivity index (χ2v) is 7.00. The normalized spacial score (nSPS) is 12.4. The standard InChI is InChI=1S/6CN.Co.Na/c6*1-2;;/q;;;;;;-1;+1. The molecule has 0 aromatic carbocycles. The number of hydrogen-bond acceptors (Lipinski definition) is 6. The van der Waals surface area contributed by atoms with E-state index in [1.807, 2.05) is 0 Å². The third kappa shape index (κ3) is 1.15. The second kappa shape index (κ2) is 3.30. The molecule has 0 saturated heterocycles. The Kier molecular flexibility index (Phi) is 3.53. The topological polar surface area (TPSA) is 143 Å². The molecule has 0 radical (unpaired) electrons. The molecule has 14 heavy (non-hydrogen) atoms. The largest absolute Gasteiger partial charge is 1.00 e. The van der Waals surface area contributed by atoms with Crippen molar-refractivity contribution in [2.75, 3.05) is 0 Å². The van der Waals surface area contributed by atoms with Crippen LogP contribution in [0.2, 0.25) is 0 Å². The van der Waals surface area contributed by atoms with Crippen LogP contribution in [0.25, 0.3) is 0 Å². The Morgan fingerprint density at radius 1 is 0.500 bits per heavy atom. The van der Waals surface area contributed by atoms with Crippen molar-refractivity contribution in [2.45, 2.75) is 0 Å². The Hall–Kier alpha value is -1.55. The summed E-state index contributed by atoms with van der Waals surface area (Å²) in [5, 5.41) is 57.6. The van der Waals surface area contributed by atoms with Crippen LogP contribution < -0.4 is 29.6 Å². The molecule has 64 valence electrons. The molecular formula is C6CoN6Na. The summed E-state index contributed by atoms with van der Waals surface area (Å²) in [5.41, 5.74) is 0. The zero-order valence-corrected chi connectivity index (χ0v) is 10.1. The van der Waals surface area contributed by atoms with Crippen LogP contribution in [-0.4, -0.2) is 0 Å². The molecule has 0 bridgehead atoms. The average molecular weight is 238 g/mol. The molecule has 0 aliphatic rings. The summed E-state index contributed by atoms with van der Waals surface area (Å²) in [6, 6.07) is 0. The summed E-state index contributed by atoms with van der Waals surface area (Å²) in [6.07, 6.45) is 0. The van der Waals surface area contributed by atoms with Gasteiger partial charge in [0.1, 0.15) is 0 Å². The quantitative estimate of drug-likeness (QED) is 0.414. The minimum atomic E-state index is -6.03. The van der Waals surface area contributed by atoms with Crippen molar-refractivity contribution in [2.24, 2.45) is 0 Å². The van der Waals surface area contributed by atoms with Gasteiger partial charge in [-0.2, -0.15) is 0 Å². The summed E-state index contributed by atoms with van der Waals surface area (Å²) in [4.78, 5) is 0. The van der Waals surface area contributed by atoms with Crippen LogP contribution in [-0.2, 0) is 10.5 Å². The van der Waals surface area contributed by atoms with Gasteiger partial charge in [0.25, 0.3) is 0 Å². The van der Waals surface area contributed by atoms with E-state index in [2.05, 4.69) is 0 Å². The van der Waals surface area contributed by atoms with Crippen molar-refractivity contribution in [1.29, 1.82) is 31.6 Å². The molecule has 0 heterocycles. The van der Waals surface area contributed by atoms with Gasteiger partial charge in [0.2, 0.25) is 0 Å². The van der Waals surface area contributed by atoms with Gasteiger partial charge in [-0.15, -0.1) is 0 Å². The summed E-state index contributed by atoms with van der Waals surface area (Å²) in [6.45, 7) is 0. The average Bonchev–Trinajstić information content (AvgIpc) is 2.26. The second-order valence-electron chi connectivity index (χ2n) is 1.70. The fourth-order valence-electron chi connectivity index (χ4n) is 0.250. The number of nitriles is 6. The molecule has 8 heteroatoms. The van der Waals surface area contributed by atoms with E-state index in [1.165, 1.54) is 0 Å². The van der Waals surface area contributed by atoms with E-state index >= 15 is 0 Å². The molecule has 0 aromatic rings. The molecule has 0 N–H and O–H groups in total. The molecule has 6 nitrogen and oxygen atoms in total. The Bertz CT molecular complexity index is 392. The monoisotopic (exact) mass is 238 g/mol. The molecule has 0 rings (SSSR count). The van der Waals surface area contributed by atoms with E-state index in [0.717, 1.165) is 30.0 Å². The third-order valence-corrected chi connectivity index (χ3v) is 4.61. The fourth-order valence-corrected chi connectivity index (χ4v) is 1.03. The summed E-state index contributed by atoms with van der Waals surface area (Å²) >= 11 is 0. The van der Waals surface area contributed by atoms with E-state index < -0.39 is 10.5 Å². The van der Waals surface area contributed by atoms with Crippen LogP contribution in [0.3, 0.4) is 0 Å². The van der Waals surface area contributed by atoms with Gasteiger partial charge < -0.3 is 0 Å². The van der Waals surface area contributed by atoms with E-state index in [0.29, 0.717) is 0 Å². The van der Waals surface area contributed by atoms with Crippen LogP contribution in [0.1, 0.15) is 0 Å². The van der Waals surface area contributed by atoms with Gasteiger partial charge in [0.05, 0.1) is 0 Å². The zero-order chi connectivity index (χ0) is 10.7. The molecule has 0 saturated carbocycles. The Morgan fingerprint density at radius 3 is 0.643 bits per heavy atom. The first-order valence-electron chi connectivity index (χ1n) is 2.34. The van der Waals surface area contributed by atoms with Gasteiger partial charge >= 0.3 is 102 Å². The van der Waals surface area contributed by atoms with Gasteiger partial charge in [-0.1, -0.05) is 0 Å². The van der Waals surface area contributed by atoms with Gasteiger partial charge in [0.15, 0.2) is 0 Å². The van der Waals surface area contributed by atoms with Crippen LogP contribution in [0, 0.1) is 61.6 Å². The van der Waals surface area contributed by atoms with Crippen molar-refractivity contribution in [3.63, 3.8) is 0 Å². The minimum Gasteiger partial charge on any atom is 1.00 e. The van der Waals surface area contributed by atoms with Crippen LogP contribution in [0.4, 0.5) is 0 Å². The molecule has 0 aromatic heterocycles. The van der Waals surface area contributed by atoms with Gasteiger partial charge in [-0.3, -0.25) is 0 Å². The van der Waals surface area contributed by atoms with Gasteiger partial charge in [-0.05, 0) is 0 Å². The summed E-state index contributed by atoms with van der Waals surface area (Å²) in [5.74, 6) is 0. The first-order valence-corrected chi connectivity index (χ1v) is 5.46. The van der Waals surface area contributed by atoms with Crippen molar-refractivity contribution in [1.82, 2.24) is 0 Å². The Balaban J connectivity index is 0. The van der Waals surface area contributed by atoms with Crippen molar-refractivity contribution in [3.05, 3.63) is 0 Å². The van der Waals surface area contributed by atoms with Gasteiger partial charge in [0, 0.05) is 0 Å². The van der Waals surface area contributed by atoms with Crippen molar-refractivity contribution in [3.8, 4) is 30.0 Å². The SMILES string of the molecule is N#[C][Co-]([C]#N)([C]#N)([C]#N)([C]#N)[C]#N.[Na+].